The quantitative estimate of drug-likeness (QED) is 0.692. The van der Waals surface area contributed by atoms with Crippen LogP contribution >= 0.6 is 0 Å². The minimum absolute atomic E-state index is 0.0372. The summed E-state index contributed by atoms with van der Waals surface area (Å²) in [4.78, 5) is 0.0372. The fourth-order valence-electron chi connectivity index (χ4n) is 2.14. The number of nitrogens with two attached hydrogens (primary N) is 2. The van der Waals surface area contributed by atoms with Gasteiger partial charge in [-0.15, -0.1) is 0 Å². The SMILES string of the molecule is Nc1ccc(NCCC2CCOC2)c(S(N)(=O)=O)c1. The van der Waals surface area contributed by atoms with E-state index in [4.69, 9.17) is 15.6 Å². The van der Waals surface area contributed by atoms with Crippen LogP contribution in [0.1, 0.15) is 12.8 Å². The maximum absolute atomic E-state index is 11.5. The molecule has 0 spiro atoms. The van der Waals surface area contributed by atoms with Crippen LogP contribution in [-0.2, 0) is 14.8 Å². The van der Waals surface area contributed by atoms with Crippen LogP contribution < -0.4 is 16.2 Å². The Balaban J connectivity index is 2.03. The Morgan fingerprint density at radius 1 is 1.42 bits per heavy atom. The molecule has 0 aromatic heterocycles. The van der Waals surface area contributed by atoms with Crippen molar-refractivity contribution in [3.8, 4) is 0 Å². The van der Waals surface area contributed by atoms with Crippen LogP contribution in [0.15, 0.2) is 23.1 Å². The predicted molar refractivity (Wildman–Crippen MR) is 74.3 cm³/mol. The van der Waals surface area contributed by atoms with Gasteiger partial charge in [0.1, 0.15) is 4.90 Å². The molecule has 106 valence electrons. The van der Waals surface area contributed by atoms with Gasteiger partial charge in [-0.2, -0.15) is 0 Å². The molecule has 0 saturated carbocycles. The molecule has 1 aromatic carbocycles. The molecule has 1 aliphatic rings. The van der Waals surface area contributed by atoms with E-state index in [1.165, 1.54) is 6.07 Å². The zero-order chi connectivity index (χ0) is 13.9. The first-order valence-electron chi connectivity index (χ1n) is 6.21. The van der Waals surface area contributed by atoms with Crippen LogP contribution in [0.4, 0.5) is 11.4 Å². The Kier molecular flexibility index (Phi) is 4.28. The number of ether oxygens (including phenoxy) is 1. The molecular formula is C12H19N3O3S. The minimum Gasteiger partial charge on any atom is -0.399 e. The second-order valence-electron chi connectivity index (χ2n) is 4.75. The molecule has 0 bridgehead atoms. The Morgan fingerprint density at radius 3 is 2.84 bits per heavy atom. The number of hydrogen-bond donors (Lipinski definition) is 3. The highest BCUT2D eigenvalue weighted by Gasteiger charge is 2.17. The zero-order valence-electron chi connectivity index (χ0n) is 10.6. The maximum Gasteiger partial charge on any atom is 0.240 e. The van der Waals surface area contributed by atoms with Crippen molar-refractivity contribution in [2.45, 2.75) is 17.7 Å². The van der Waals surface area contributed by atoms with E-state index in [2.05, 4.69) is 5.32 Å². The number of nitrogens with one attached hydrogen (secondary N) is 1. The van der Waals surface area contributed by atoms with E-state index in [-0.39, 0.29) is 4.90 Å². The lowest BCUT2D eigenvalue weighted by atomic mass is 10.1. The van der Waals surface area contributed by atoms with Crippen molar-refractivity contribution >= 4 is 21.4 Å². The van der Waals surface area contributed by atoms with Crippen LogP contribution in [0.3, 0.4) is 0 Å². The van der Waals surface area contributed by atoms with Gasteiger partial charge in [-0.25, -0.2) is 13.6 Å². The highest BCUT2D eigenvalue weighted by Crippen LogP contribution is 2.23. The first-order valence-corrected chi connectivity index (χ1v) is 7.75. The molecule has 1 fully saturated rings. The van der Waals surface area contributed by atoms with Crippen molar-refractivity contribution in [2.24, 2.45) is 11.1 Å². The smallest absolute Gasteiger partial charge is 0.240 e. The van der Waals surface area contributed by atoms with Crippen molar-refractivity contribution in [3.05, 3.63) is 18.2 Å². The molecule has 2 rings (SSSR count). The van der Waals surface area contributed by atoms with E-state index in [9.17, 15) is 8.42 Å². The number of hydrogen-bond acceptors (Lipinski definition) is 5. The zero-order valence-corrected chi connectivity index (χ0v) is 11.4. The van der Waals surface area contributed by atoms with E-state index >= 15 is 0 Å². The highest BCUT2D eigenvalue weighted by molar-refractivity contribution is 7.89. The summed E-state index contributed by atoms with van der Waals surface area (Å²) in [5, 5.41) is 8.28. The summed E-state index contributed by atoms with van der Waals surface area (Å²) in [6, 6.07) is 4.66. The molecule has 1 heterocycles. The highest BCUT2D eigenvalue weighted by atomic mass is 32.2. The normalized spacial score (nSPS) is 19.5. The Morgan fingerprint density at radius 2 is 2.21 bits per heavy atom. The van der Waals surface area contributed by atoms with Crippen molar-refractivity contribution in [2.75, 3.05) is 30.8 Å². The first-order chi connectivity index (χ1) is 8.97. The fraction of sp³-hybridized carbons (Fsp3) is 0.500. The fourth-order valence-corrected chi connectivity index (χ4v) is 2.89. The van der Waals surface area contributed by atoms with Gasteiger partial charge in [0.05, 0.1) is 5.69 Å². The lowest BCUT2D eigenvalue weighted by molar-refractivity contribution is 0.185. The van der Waals surface area contributed by atoms with Crippen molar-refractivity contribution < 1.29 is 13.2 Å². The molecule has 0 amide bonds. The molecule has 1 unspecified atom stereocenters. The molecule has 1 aliphatic heterocycles. The van der Waals surface area contributed by atoms with Gasteiger partial charge in [0.2, 0.25) is 10.0 Å². The van der Waals surface area contributed by atoms with Crippen LogP contribution in [-0.4, -0.2) is 28.2 Å². The molecule has 0 aliphatic carbocycles. The van der Waals surface area contributed by atoms with Gasteiger partial charge < -0.3 is 15.8 Å². The summed E-state index contributed by atoms with van der Waals surface area (Å²) < 4.78 is 28.3. The summed E-state index contributed by atoms with van der Waals surface area (Å²) in [6.07, 6.45) is 2.00. The second-order valence-corrected chi connectivity index (χ2v) is 6.28. The number of anilines is 2. The average Bonchev–Trinajstić information content (AvgIpc) is 2.83. The van der Waals surface area contributed by atoms with Crippen molar-refractivity contribution in [1.29, 1.82) is 0 Å². The molecule has 7 heteroatoms. The van der Waals surface area contributed by atoms with Crippen LogP contribution in [0, 0.1) is 5.92 Å². The molecule has 6 nitrogen and oxygen atoms in total. The van der Waals surface area contributed by atoms with Gasteiger partial charge in [-0.1, -0.05) is 0 Å². The van der Waals surface area contributed by atoms with E-state index in [1.54, 1.807) is 12.1 Å². The van der Waals surface area contributed by atoms with Gasteiger partial charge in [0, 0.05) is 25.4 Å². The standard InChI is InChI=1S/C12H19N3O3S/c13-10-1-2-11(12(7-10)19(14,16)17)15-5-3-9-4-6-18-8-9/h1-2,7,9,15H,3-6,8,13H2,(H2,14,16,17). The molecule has 0 radical (unpaired) electrons. The predicted octanol–water partition coefficient (Wildman–Crippen LogP) is 0.755. The van der Waals surface area contributed by atoms with Gasteiger partial charge >= 0.3 is 0 Å². The molecule has 1 atom stereocenters. The summed E-state index contributed by atoms with van der Waals surface area (Å²) in [6.45, 7) is 2.28. The third-order valence-electron chi connectivity index (χ3n) is 3.20. The second kappa shape index (κ2) is 5.77. The lowest BCUT2D eigenvalue weighted by Crippen LogP contribution is -2.17. The van der Waals surface area contributed by atoms with Gasteiger partial charge in [-0.3, -0.25) is 0 Å². The monoisotopic (exact) mass is 285 g/mol. The summed E-state index contributed by atoms with van der Waals surface area (Å²) in [5.74, 6) is 0.541. The summed E-state index contributed by atoms with van der Waals surface area (Å²) in [7, 11) is -3.77. The van der Waals surface area contributed by atoms with Crippen LogP contribution in [0.5, 0.6) is 0 Å². The third-order valence-corrected chi connectivity index (χ3v) is 4.16. The first kappa shape index (κ1) is 14.1. The van der Waals surface area contributed by atoms with Crippen molar-refractivity contribution in [1.82, 2.24) is 0 Å². The molecular weight excluding hydrogens is 266 g/mol. The Bertz CT molecular complexity index is 539. The molecule has 1 saturated heterocycles. The van der Waals surface area contributed by atoms with Crippen LogP contribution in [0.25, 0.3) is 0 Å². The van der Waals surface area contributed by atoms with E-state index in [0.29, 0.717) is 23.8 Å². The van der Waals surface area contributed by atoms with Crippen LogP contribution in [0.2, 0.25) is 0 Å². The number of rotatable bonds is 5. The van der Waals surface area contributed by atoms with E-state index < -0.39 is 10.0 Å². The largest absolute Gasteiger partial charge is 0.399 e. The molecule has 1 aromatic rings. The Hall–Kier alpha value is -1.31. The Labute approximate surface area is 113 Å². The summed E-state index contributed by atoms with van der Waals surface area (Å²) >= 11 is 0. The number of sulfonamides is 1. The number of primary sulfonamides is 1. The average molecular weight is 285 g/mol. The minimum atomic E-state index is -3.77. The van der Waals surface area contributed by atoms with Crippen molar-refractivity contribution in [3.63, 3.8) is 0 Å². The lowest BCUT2D eigenvalue weighted by Gasteiger charge is -2.13. The van der Waals surface area contributed by atoms with E-state index in [0.717, 1.165) is 26.1 Å². The maximum atomic E-state index is 11.5. The number of benzene rings is 1. The van der Waals surface area contributed by atoms with Gasteiger partial charge in [-0.05, 0) is 37.0 Å². The number of nitrogen functional groups attached to an aromatic ring is 1. The van der Waals surface area contributed by atoms with E-state index in [1.807, 2.05) is 0 Å². The van der Waals surface area contributed by atoms with Gasteiger partial charge in [0.15, 0.2) is 0 Å². The third kappa shape index (κ3) is 3.82. The summed E-state index contributed by atoms with van der Waals surface area (Å²) in [5.41, 5.74) is 6.46. The molecule has 19 heavy (non-hydrogen) atoms. The molecule has 5 N–H and O–H groups in total. The topological polar surface area (TPSA) is 107 Å². The van der Waals surface area contributed by atoms with Gasteiger partial charge in [0.25, 0.3) is 0 Å².